The fourth-order valence-corrected chi connectivity index (χ4v) is 1.24. The lowest BCUT2D eigenvalue weighted by Gasteiger charge is -2.14. The highest BCUT2D eigenvalue weighted by molar-refractivity contribution is 5.25. The molecule has 1 N–H and O–H groups in total. The zero-order valence-corrected chi connectivity index (χ0v) is 10.0. The molecule has 0 saturated carbocycles. The number of nitrogens with zero attached hydrogens (tertiary/aromatic N) is 1. The number of hydrogen-bond donors (Lipinski definition) is 1. The van der Waals surface area contributed by atoms with Crippen molar-refractivity contribution in [1.82, 2.24) is 4.98 Å². The third kappa shape index (κ3) is 4.16. The minimum absolute atomic E-state index is 0.109. The van der Waals surface area contributed by atoms with E-state index in [0.29, 0.717) is 17.9 Å². The molecule has 4 nitrogen and oxygen atoms in total. The van der Waals surface area contributed by atoms with Gasteiger partial charge in [-0.1, -0.05) is 0 Å². The van der Waals surface area contributed by atoms with Crippen molar-refractivity contribution >= 4 is 0 Å². The van der Waals surface area contributed by atoms with Gasteiger partial charge in [-0.05, 0) is 26.8 Å². The summed E-state index contributed by atoms with van der Waals surface area (Å²) in [5.74, 6) is 0.670. The smallest absolute Gasteiger partial charge is 0.137 e. The molecule has 16 heavy (non-hydrogen) atoms. The van der Waals surface area contributed by atoms with Crippen LogP contribution in [0.15, 0.2) is 18.5 Å². The standard InChI is InChI=1S/C12H19NO3/c1-4-15-11-5-10(6-13-7-11)12(14)8-16-9(2)3/h5-7,9,12,14H,4,8H2,1-3H3. The Hall–Kier alpha value is -1.13. The van der Waals surface area contributed by atoms with Crippen LogP contribution < -0.4 is 4.74 Å². The summed E-state index contributed by atoms with van der Waals surface area (Å²) in [6, 6.07) is 1.78. The SMILES string of the molecule is CCOc1cncc(C(O)COC(C)C)c1. The van der Waals surface area contributed by atoms with Gasteiger partial charge in [-0.3, -0.25) is 4.98 Å². The van der Waals surface area contributed by atoms with Crippen LogP contribution in [0.25, 0.3) is 0 Å². The normalized spacial score (nSPS) is 12.8. The summed E-state index contributed by atoms with van der Waals surface area (Å²) in [4.78, 5) is 4.01. The number of aliphatic hydroxyl groups excluding tert-OH is 1. The molecule has 0 amide bonds. The van der Waals surface area contributed by atoms with Gasteiger partial charge in [0.15, 0.2) is 0 Å². The molecule has 0 saturated heterocycles. The van der Waals surface area contributed by atoms with Gasteiger partial charge in [0, 0.05) is 11.8 Å². The molecule has 1 heterocycles. The average Bonchev–Trinajstić information content (AvgIpc) is 2.26. The number of ether oxygens (including phenoxy) is 2. The van der Waals surface area contributed by atoms with Crippen LogP contribution in [0, 0.1) is 0 Å². The van der Waals surface area contributed by atoms with E-state index in [0.717, 1.165) is 0 Å². The summed E-state index contributed by atoms with van der Waals surface area (Å²) in [6.45, 7) is 6.63. The summed E-state index contributed by atoms with van der Waals surface area (Å²) in [5.41, 5.74) is 0.714. The Labute approximate surface area is 96.2 Å². The molecule has 90 valence electrons. The first kappa shape index (κ1) is 12.9. The van der Waals surface area contributed by atoms with Crippen LogP contribution in [0.2, 0.25) is 0 Å². The number of hydrogen-bond acceptors (Lipinski definition) is 4. The Morgan fingerprint density at radius 1 is 1.38 bits per heavy atom. The first-order chi connectivity index (χ1) is 7.63. The van der Waals surface area contributed by atoms with Gasteiger partial charge in [-0.2, -0.15) is 0 Å². The van der Waals surface area contributed by atoms with Crippen molar-refractivity contribution in [2.75, 3.05) is 13.2 Å². The number of aromatic nitrogens is 1. The second-order valence-electron chi connectivity index (χ2n) is 3.78. The Morgan fingerprint density at radius 2 is 2.12 bits per heavy atom. The molecule has 0 radical (unpaired) electrons. The van der Waals surface area contributed by atoms with Gasteiger partial charge in [-0.25, -0.2) is 0 Å². The van der Waals surface area contributed by atoms with E-state index < -0.39 is 6.10 Å². The first-order valence-electron chi connectivity index (χ1n) is 5.51. The van der Waals surface area contributed by atoms with Gasteiger partial charge in [0.05, 0.1) is 25.5 Å². The predicted octanol–water partition coefficient (Wildman–Crippen LogP) is 1.94. The van der Waals surface area contributed by atoms with Crippen LogP contribution in [0.5, 0.6) is 5.75 Å². The molecule has 0 aromatic carbocycles. The maximum atomic E-state index is 9.84. The van der Waals surface area contributed by atoms with E-state index in [-0.39, 0.29) is 12.7 Å². The van der Waals surface area contributed by atoms with E-state index in [1.807, 2.05) is 20.8 Å². The zero-order valence-electron chi connectivity index (χ0n) is 10.0. The number of pyridine rings is 1. The zero-order chi connectivity index (χ0) is 12.0. The van der Waals surface area contributed by atoms with Crippen molar-refractivity contribution in [1.29, 1.82) is 0 Å². The fourth-order valence-electron chi connectivity index (χ4n) is 1.24. The van der Waals surface area contributed by atoms with E-state index >= 15 is 0 Å². The summed E-state index contributed by atoms with van der Waals surface area (Å²) in [6.07, 6.45) is 2.70. The second kappa shape index (κ2) is 6.45. The number of aliphatic hydroxyl groups is 1. The lowest BCUT2D eigenvalue weighted by Crippen LogP contribution is -2.12. The summed E-state index contributed by atoms with van der Waals surface area (Å²) >= 11 is 0. The highest BCUT2D eigenvalue weighted by Crippen LogP contribution is 2.18. The minimum Gasteiger partial charge on any atom is -0.492 e. The fraction of sp³-hybridized carbons (Fsp3) is 0.583. The lowest BCUT2D eigenvalue weighted by atomic mass is 10.2. The Bertz CT molecular complexity index is 315. The van der Waals surface area contributed by atoms with E-state index in [9.17, 15) is 5.11 Å². The molecular formula is C12H19NO3. The summed E-state index contributed by atoms with van der Waals surface area (Å²) in [7, 11) is 0. The van der Waals surface area contributed by atoms with Gasteiger partial charge in [0.1, 0.15) is 11.9 Å². The molecular weight excluding hydrogens is 206 g/mol. The molecule has 1 rings (SSSR count). The Kier molecular flexibility index (Phi) is 5.22. The predicted molar refractivity (Wildman–Crippen MR) is 61.5 cm³/mol. The largest absolute Gasteiger partial charge is 0.492 e. The van der Waals surface area contributed by atoms with Crippen molar-refractivity contribution in [2.45, 2.75) is 33.0 Å². The average molecular weight is 225 g/mol. The quantitative estimate of drug-likeness (QED) is 0.803. The maximum Gasteiger partial charge on any atom is 0.137 e. The van der Waals surface area contributed by atoms with Gasteiger partial charge >= 0.3 is 0 Å². The molecule has 1 atom stereocenters. The van der Waals surface area contributed by atoms with Crippen LogP contribution in [0.3, 0.4) is 0 Å². The molecule has 0 aliphatic rings. The summed E-state index contributed by atoms with van der Waals surface area (Å²) in [5, 5.41) is 9.84. The van der Waals surface area contributed by atoms with E-state index in [2.05, 4.69) is 4.98 Å². The van der Waals surface area contributed by atoms with E-state index in [1.165, 1.54) is 0 Å². The third-order valence-corrected chi connectivity index (χ3v) is 2.02. The highest BCUT2D eigenvalue weighted by atomic mass is 16.5. The Morgan fingerprint density at radius 3 is 2.75 bits per heavy atom. The molecule has 0 aliphatic carbocycles. The first-order valence-corrected chi connectivity index (χ1v) is 5.51. The lowest BCUT2D eigenvalue weighted by molar-refractivity contribution is 0.00472. The van der Waals surface area contributed by atoms with Crippen LogP contribution in [0.4, 0.5) is 0 Å². The monoisotopic (exact) mass is 225 g/mol. The van der Waals surface area contributed by atoms with Crippen LogP contribution in [-0.4, -0.2) is 29.4 Å². The molecule has 0 aliphatic heterocycles. The van der Waals surface area contributed by atoms with Crippen molar-refractivity contribution in [3.05, 3.63) is 24.0 Å². The molecule has 0 spiro atoms. The Balaban J connectivity index is 2.60. The third-order valence-electron chi connectivity index (χ3n) is 2.02. The minimum atomic E-state index is -0.657. The van der Waals surface area contributed by atoms with E-state index in [4.69, 9.17) is 9.47 Å². The highest BCUT2D eigenvalue weighted by Gasteiger charge is 2.10. The molecule has 1 aromatic heterocycles. The molecule has 0 fully saturated rings. The molecule has 0 bridgehead atoms. The van der Waals surface area contributed by atoms with Crippen molar-refractivity contribution < 1.29 is 14.6 Å². The van der Waals surface area contributed by atoms with Crippen LogP contribution >= 0.6 is 0 Å². The van der Waals surface area contributed by atoms with Gasteiger partial charge in [-0.15, -0.1) is 0 Å². The molecule has 4 heteroatoms. The van der Waals surface area contributed by atoms with Crippen molar-refractivity contribution in [2.24, 2.45) is 0 Å². The summed E-state index contributed by atoms with van der Waals surface area (Å²) < 4.78 is 10.6. The van der Waals surface area contributed by atoms with Gasteiger partial charge in [0.2, 0.25) is 0 Å². The molecule has 1 unspecified atom stereocenters. The van der Waals surface area contributed by atoms with Crippen LogP contribution in [0.1, 0.15) is 32.4 Å². The van der Waals surface area contributed by atoms with Gasteiger partial charge in [0.25, 0.3) is 0 Å². The van der Waals surface area contributed by atoms with E-state index in [1.54, 1.807) is 18.5 Å². The second-order valence-corrected chi connectivity index (χ2v) is 3.78. The van der Waals surface area contributed by atoms with Crippen molar-refractivity contribution in [3.63, 3.8) is 0 Å². The topological polar surface area (TPSA) is 51.6 Å². The van der Waals surface area contributed by atoms with Crippen molar-refractivity contribution in [3.8, 4) is 5.75 Å². The van der Waals surface area contributed by atoms with Crippen LogP contribution in [-0.2, 0) is 4.74 Å². The molecule has 1 aromatic rings. The number of rotatable bonds is 6. The maximum absolute atomic E-state index is 9.84. The van der Waals surface area contributed by atoms with Gasteiger partial charge < -0.3 is 14.6 Å².